The minimum Gasteiger partial charge on any atom is -0.311 e. The molecule has 0 unspecified atom stereocenters. The first-order valence-electron chi connectivity index (χ1n) is 5.79. The van der Waals surface area contributed by atoms with Crippen LogP contribution in [0.4, 0.5) is 0 Å². The smallest absolute Gasteiger partial charge is 0.311 e. The lowest BCUT2D eigenvalue weighted by Gasteiger charge is -2.03. The van der Waals surface area contributed by atoms with Gasteiger partial charge in [-0.05, 0) is 35.0 Å². The van der Waals surface area contributed by atoms with Crippen molar-refractivity contribution in [1.29, 1.82) is 0 Å². The van der Waals surface area contributed by atoms with Crippen LogP contribution < -0.4 is 0 Å². The molecule has 1 heterocycles. The topological polar surface area (TPSA) is 56.5 Å². The molecule has 0 N–H and O–H groups in total. The molecule has 0 bridgehead atoms. The highest BCUT2D eigenvalue weighted by molar-refractivity contribution is 9.10. The molecule has 5 nitrogen and oxygen atoms in total. The maximum atomic E-state index is 11.9. The van der Waals surface area contributed by atoms with Crippen LogP contribution in [-0.2, 0) is 11.9 Å². The molecule has 1 aromatic heterocycles. The van der Waals surface area contributed by atoms with E-state index in [0.717, 1.165) is 0 Å². The van der Waals surface area contributed by atoms with Crippen molar-refractivity contribution < 1.29 is 9.63 Å². The lowest BCUT2D eigenvalue weighted by molar-refractivity contribution is 0.0507. The van der Waals surface area contributed by atoms with E-state index in [2.05, 4.69) is 26.2 Å². The number of hydrogen-bond acceptors (Lipinski definition) is 4. The van der Waals surface area contributed by atoms with Crippen molar-refractivity contribution in [1.82, 2.24) is 9.78 Å². The summed E-state index contributed by atoms with van der Waals surface area (Å²) in [4.78, 5) is 16.7. The number of halogens is 3. The lowest BCUT2D eigenvalue weighted by atomic mass is 10.1. The maximum Gasteiger partial charge on any atom is 0.386 e. The van der Waals surface area contributed by atoms with Gasteiger partial charge < -0.3 is 4.84 Å². The third-order valence-corrected chi connectivity index (χ3v) is 3.69. The third kappa shape index (κ3) is 3.84. The fourth-order valence-corrected chi connectivity index (χ4v) is 2.67. The molecule has 21 heavy (non-hydrogen) atoms. The molecular weight excluding hydrogens is 381 g/mol. The molecule has 110 valence electrons. The molecule has 2 rings (SSSR count). The Labute approximate surface area is 139 Å². The standard InChI is InChI=1S/C13H10BrCl2N3O2/c1-7(9-4-3-8(15)5-11(9)16)18-21-13(20)12-10(14)6-19(2)17-12/h3-6H,1-2H3/b18-7+. The van der Waals surface area contributed by atoms with Gasteiger partial charge in [-0.1, -0.05) is 34.4 Å². The average molecular weight is 391 g/mol. The van der Waals surface area contributed by atoms with E-state index in [1.807, 2.05) is 0 Å². The quantitative estimate of drug-likeness (QED) is 0.451. The van der Waals surface area contributed by atoms with Crippen LogP contribution in [-0.4, -0.2) is 21.5 Å². The predicted molar refractivity (Wildman–Crippen MR) is 85.0 cm³/mol. The fourth-order valence-electron chi connectivity index (χ4n) is 1.58. The number of aryl methyl sites for hydroxylation is 1. The minimum atomic E-state index is -0.660. The van der Waals surface area contributed by atoms with Crippen LogP contribution in [0.3, 0.4) is 0 Å². The Morgan fingerprint density at radius 2 is 2.14 bits per heavy atom. The van der Waals surface area contributed by atoms with Crippen LogP contribution in [0.15, 0.2) is 34.0 Å². The van der Waals surface area contributed by atoms with Crippen molar-refractivity contribution in [2.75, 3.05) is 0 Å². The van der Waals surface area contributed by atoms with E-state index >= 15 is 0 Å². The Bertz CT molecular complexity index is 728. The first-order chi connectivity index (χ1) is 9.88. The average Bonchev–Trinajstić information content (AvgIpc) is 2.74. The van der Waals surface area contributed by atoms with Crippen molar-refractivity contribution in [2.24, 2.45) is 12.2 Å². The van der Waals surface area contributed by atoms with Crippen molar-refractivity contribution in [3.63, 3.8) is 0 Å². The molecule has 0 radical (unpaired) electrons. The number of nitrogens with zero attached hydrogens (tertiary/aromatic N) is 3. The predicted octanol–water partition coefficient (Wildman–Crippen LogP) is 4.07. The Kier molecular flexibility index (Phi) is 5.03. The number of benzene rings is 1. The fraction of sp³-hybridized carbons (Fsp3) is 0.154. The zero-order chi connectivity index (χ0) is 15.6. The normalized spacial score (nSPS) is 11.6. The lowest BCUT2D eigenvalue weighted by Crippen LogP contribution is -2.06. The van der Waals surface area contributed by atoms with E-state index in [1.54, 1.807) is 38.4 Å². The van der Waals surface area contributed by atoms with Gasteiger partial charge in [0.15, 0.2) is 5.69 Å². The molecule has 0 atom stereocenters. The largest absolute Gasteiger partial charge is 0.386 e. The molecular formula is C13H10BrCl2N3O2. The van der Waals surface area contributed by atoms with Crippen LogP contribution in [0.25, 0.3) is 0 Å². The highest BCUT2D eigenvalue weighted by Crippen LogP contribution is 2.22. The van der Waals surface area contributed by atoms with Gasteiger partial charge in [-0.15, -0.1) is 0 Å². The molecule has 0 amide bonds. The molecule has 0 spiro atoms. The Morgan fingerprint density at radius 3 is 2.71 bits per heavy atom. The number of rotatable bonds is 3. The monoisotopic (exact) mass is 389 g/mol. The first-order valence-corrected chi connectivity index (χ1v) is 7.34. The van der Waals surface area contributed by atoms with E-state index in [4.69, 9.17) is 28.0 Å². The van der Waals surface area contributed by atoms with Crippen LogP contribution >= 0.6 is 39.1 Å². The molecule has 8 heteroatoms. The number of aromatic nitrogens is 2. The van der Waals surface area contributed by atoms with E-state index in [-0.39, 0.29) is 5.69 Å². The highest BCUT2D eigenvalue weighted by atomic mass is 79.9. The zero-order valence-electron chi connectivity index (χ0n) is 11.1. The van der Waals surface area contributed by atoms with Gasteiger partial charge in [-0.3, -0.25) is 4.68 Å². The minimum absolute atomic E-state index is 0.149. The summed E-state index contributed by atoms with van der Waals surface area (Å²) < 4.78 is 2.03. The Hall–Kier alpha value is -1.37. The van der Waals surface area contributed by atoms with Gasteiger partial charge in [0.1, 0.15) is 0 Å². The SMILES string of the molecule is C/C(=N\OC(=O)c1nn(C)cc1Br)c1ccc(Cl)cc1Cl. The molecule has 2 aromatic rings. The highest BCUT2D eigenvalue weighted by Gasteiger charge is 2.16. The van der Waals surface area contributed by atoms with E-state index in [9.17, 15) is 4.79 Å². The van der Waals surface area contributed by atoms with Crippen LogP contribution in [0.2, 0.25) is 10.0 Å². The van der Waals surface area contributed by atoms with Crippen molar-refractivity contribution in [3.8, 4) is 0 Å². The van der Waals surface area contributed by atoms with Gasteiger partial charge in [0.25, 0.3) is 0 Å². The molecule has 0 fully saturated rings. The summed E-state index contributed by atoms with van der Waals surface area (Å²) >= 11 is 15.1. The second kappa shape index (κ2) is 6.60. The summed E-state index contributed by atoms with van der Waals surface area (Å²) in [6, 6.07) is 4.97. The van der Waals surface area contributed by atoms with Crippen molar-refractivity contribution in [2.45, 2.75) is 6.92 Å². The van der Waals surface area contributed by atoms with E-state index in [1.165, 1.54) is 4.68 Å². The number of oxime groups is 1. The van der Waals surface area contributed by atoms with Gasteiger partial charge in [-0.25, -0.2) is 4.79 Å². The molecule has 0 saturated carbocycles. The summed E-state index contributed by atoms with van der Waals surface area (Å²) in [5.74, 6) is -0.660. The van der Waals surface area contributed by atoms with Crippen LogP contribution in [0.5, 0.6) is 0 Å². The van der Waals surface area contributed by atoms with Crippen LogP contribution in [0, 0.1) is 0 Å². The molecule has 1 aromatic carbocycles. The van der Waals surface area contributed by atoms with Gasteiger partial charge >= 0.3 is 5.97 Å². The second-order valence-corrected chi connectivity index (χ2v) is 5.88. The first kappa shape index (κ1) is 16.0. The summed E-state index contributed by atoms with van der Waals surface area (Å²) in [5.41, 5.74) is 1.24. The van der Waals surface area contributed by atoms with E-state index < -0.39 is 5.97 Å². The van der Waals surface area contributed by atoms with Gasteiger partial charge in [0.2, 0.25) is 0 Å². The summed E-state index contributed by atoms with van der Waals surface area (Å²) in [6.07, 6.45) is 1.64. The van der Waals surface area contributed by atoms with Gasteiger partial charge in [0, 0.05) is 23.8 Å². The number of hydrogen-bond donors (Lipinski definition) is 0. The van der Waals surface area contributed by atoms with Crippen molar-refractivity contribution >= 4 is 50.8 Å². The summed E-state index contributed by atoms with van der Waals surface area (Å²) in [6.45, 7) is 1.68. The Morgan fingerprint density at radius 1 is 1.43 bits per heavy atom. The molecule has 0 aliphatic rings. The molecule has 0 saturated heterocycles. The van der Waals surface area contributed by atoms with Gasteiger partial charge in [-0.2, -0.15) is 5.10 Å². The maximum absolute atomic E-state index is 11.9. The molecule has 0 aliphatic carbocycles. The van der Waals surface area contributed by atoms with Gasteiger partial charge in [0.05, 0.1) is 15.2 Å². The third-order valence-electron chi connectivity index (χ3n) is 2.56. The van der Waals surface area contributed by atoms with Crippen LogP contribution in [0.1, 0.15) is 23.0 Å². The zero-order valence-corrected chi connectivity index (χ0v) is 14.2. The summed E-state index contributed by atoms with van der Waals surface area (Å²) in [5, 5.41) is 8.70. The van der Waals surface area contributed by atoms with Crippen molar-refractivity contribution in [3.05, 3.63) is 50.2 Å². The second-order valence-electron chi connectivity index (χ2n) is 4.18. The number of carbonyl (C=O) groups is 1. The molecule has 0 aliphatic heterocycles. The Balaban J connectivity index is 2.17. The van der Waals surface area contributed by atoms with E-state index in [0.29, 0.717) is 25.8 Å². The number of carbonyl (C=O) groups excluding carboxylic acids is 1. The summed E-state index contributed by atoms with van der Waals surface area (Å²) in [7, 11) is 1.70.